The lowest BCUT2D eigenvalue weighted by atomic mass is 10.3. The highest BCUT2D eigenvalue weighted by atomic mass is 35.5. The van der Waals surface area contributed by atoms with Gasteiger partial charge < -0.3 is 4.74 Å². The van der Waals surface area contributed by atoms with Crippen molar-refractivity contribution in [3.8, 4) is 5.75 Å². The minimum absolute atomic E-state index is 0.509. The van der Waals surface area contributed by atoms with Crippen molar-refractivity contribution in [3.05, 3.63) is 52.8 Å². The highest BCUT2D eigenvalue weighted by Crippen LogP contribution is 2.26. The van der Waals surface area contributed by atoms with Crippen LogP contribution in [-0.2, 0) is 0 Å². The lowest BCUT2D eigenvalue weighted by Crippen LogP contribution is -2.10. The van der Waals surface area contributed by atoms with Crippen LogP contribution in [0.1, 0.15) is 6.42 Å². The summed E-state index contributed by atoms with van der Waals surface area (Å²) in [5.41, 5.74) is 0. The quantitative estimate of drug-likeness (QED) is 0.601. The van der Waals surface area contributed by atoms with Crippen molar-refractivity contribution in [2.24, 2.45) is 0 Å². The first-order chi connectivity index (χ1) is 9.75. The van der Waals surface area contributed by atoms with Crippen LogP contribution in [0.2, 0.25) is 10.0 Å². The Morgan fingerprint density at radius 1 is 1.20 bits per heavy atom. The van der Waals surface area contributed by atoms with Crippen LogP contribution in [-0.4, -0.2) is 18.1 Å². The standard InChI is InChI=1S/C14H14Cl2N2OS/c15-13-5-4-11(9-14(13)16)19-8-2-7-18-20-12-3-1-6-17-10-12/h1,3-6,9-10,18H,2,7-8H2. The molecule has 0 saturated heterocycles. The van der Waals surface area contributed by atoms with Gasteiger partial charge in [-0.15, -0.1) is 0 Å². The van der Waals surface area contributed by atoms with E-state index in [1.807, 2.05) is 24.4 Å². The molecular formula is C14H14Cl2N2OS. The van der Waals surface area contributed by atoms with Crippen LogP contribution in [0.3, 0.4) is 0 Å². The second-order valence-electron chi connectivity index (χ2n) is 3.96. The van der Waals surface area contributed by atoms with Gasteiger partial charge in [0.1, 0.15) is 5.75 Å². The summed E-state index contributed by atoms with van der Waals surface area (Å²) in [4.78, 5) is 5.14. The lowest BCUT2D eigenvalue weighted by molar-refractivity contribution is 0.312. The first-order valence-corrected chi connectivity index (χ1v) is 7.70. The van der Waals surface area contributed by atoms with Crippen molar-refractivity contribution in [3.63, 3.8) is 0 Å². The molecule has 0 radical (unpaired) electrons. The Morgan fingerprint density at radius 3 is 2.85 bits per heavy atom. The molecule has 2 aromatic rings. The SMILES string of the molecule is Clc1ccc(OCCCNSc2cccnc2)cc1Cl. The van der Waals surface area contributed by atoms with E-state index >= 15 is 0 Å². The average Bonchev–Trinajstić information content (AvgIpc) is 2.47. The molecule has 0 aliphatic carbocycles. The van der Waals surface area contributed by atoms with E-state index in [0.717, 1.165) is 23.6 Å². The van der Waals surface area contributed by atoms with Crippen LogP contribution in [0.5, 0.6) is 5.75 Å². The molecule has 1 aromatic carbocycles. The molecule has 0 atom stereocenters. The second-order valence-corrected chi connectivity index (χ2v) is 5.74. The Morgan fingerprint density at radius 2 is 2.10 bits per heavy atom. The monoisotopic (exact) mass is 328 g/mol. The minimum atomic E-state index is 0.509. The number of nitrogens with one attached hydrogen (secondary N) is 1. The number of aromatic nitrogens is 1. The van der Waals surface area contributed by atoms with Crippen LogP contribution >= 0.6 is 35.1 Å². The number of nitrogens with zero attached hydrogens (tertiary/aromatic N) is 1. The molecule has 0 unspecified atom stereocenters. The summed E-state index contributed by atoms with van der Waals surface area (Å²) in [7, 11) is 0. The van der Waals surface area contributed by atoms with E-state index in [0.29, 0.717) is 16.7 Å². The molecule has 20 heavy (non-hydrogen) atoms. The molecule has 0 saturated carbocycles. The zero-order valence-corrected chi connectivity index (χ0v) is 13.0. The highest BCUT2D eigenvalue weighted by Gasteiger charge is 2.00. The summed E-state index contributed by atoms with van der Waals surface area (Å²) in [6.07, 6.45) is 4.48. The van der Waals surface area contributed by atoms with Gasteiger partial charge in [0.05, 0.1) is 16.7 Å². The summed E-state index contributed by atoms with van der Waals surface area (Å²) in [5, 5.41) is 1.04. The summed E-state index contributed by atoms with van der Waals surface area (Å²) >= 11 is 13.3. The van der Waals surface area contributed by atoms with Crippen molar-refractivity contribution in [1.29, 1.82) is 0 Å². The van der Waals surface area contributed by atoms with Gasteiger partial charge in [0, 0.05) is 29.9 Å². The molecule has 2 rings (SSSR count). The molecule has 106 valence electrons. The van der Waals surface area contributed by atoms with E-state index in [4.69, 9.17) is 27.9 Å². The molecule has 1 aromatic heterocycles. The molecule has 1 N–H and O–H groups in total. The Balaban J connectivity index is 1.61. The molecule has 6 heteroatoms. The molecular weight excluding hydrogens is 315 g/mol. The number of hydrogen-bond donors (Lipinski definition) is 1. The smallest absolute Gasteiger partial charge is 0.120 e. The number of ether oxygens (including phenoxy) is 1. The summed E-state index contributed by atoms with van der Waals surface area (Å²) in [6.45, 7) is 1.47. The predicted octanol–water partition coefficient (Wildman–Crippen LogP) is 4.45. The van der Waals surface area contributed by atoms with E-state index < -0.39 is 0 Å². The Kier molecular flexibility index (Phi) is 6.47. The van der Waals surface area contributed by atoms with E-state index in [9.17, 15) is 0 Å². The Hall–Kier alpha value is -0.940. The van der Waals surface area contributed by atoms with E-state index in [1.165, 1.54) is 0 Å². The second kappa shape index (κ2) is 8.37. The topological polar surface area (TPSA) is 34.1 Å². The number of rotatable bonds is 7. The van der Waals surface area contributed by atoms with Crippen molar-refractivity contribution in [2.45, 2.75) is 11.3 Å². The third-order valence-electron chi connectivity index (χ3n) is 2.41. The Bertz CT molecular complexity index is 540. The molecule has 1 heterocycles. The molecule has 0 aliphatic heterocycles. The predicted molar refractivity (Wildman–Crippen MR) is 84.7 cm³/mol. The van der Waals surface area contributed by atoms with Gasteiger partial charge in [0.15, 0.2) is 0 Å². The maximum Gasteiger partial charge on any atom is 0.120 e. The van der Waals surface area contributed by atoms with Gasteiger partial charge in [-0.2, -0.15) is 0 Å². The fourth-order valence-corrected chi connectivity index (χ4v) is 2.40. The van der Waals surface area contributed by atoms with E-state index in [1.54, 1.807) is 30.3 Å². The van der Waals surface area contributed by atoms with Crippen LogP contribution in [0, 0.1) is 0 Å². The fourth-order valence-electron chi connectivity index (χ4n) is 1.44. The molecule has 0 amide bonds. The normalized spacial score (nSPS) is 10.5. The van der Waals surface area contributed by atoms with E-state index in [2.05, 4.69) is 9.71 Å². The van der Waals surface area contributed by atoms with Crippen molar-refractivity contribution in [2.75, 3.05) is 13.2 Å². The summed E-state index contributed by atoms with van der Waals surface area (Å²) in [5.74, 6) is 0.735. The molecule has 0 fully saturated rings. The van der Waals surface area contributed by atoms with Crippen LogP contribution in [0.15, 0.2) is 47.6 Å². The lowest BCUT2D eigenvalue weighted by Gasteiger charge is -2.07. The summed E-state index contributed by atoms with van der Waals surface area (Å²) < 4.78 is 8.85. The van der Waals surface area contributed by atoms with E-state index in [-0.39, 0.29) is 0 Å². The van der Waals surface area contributed by atoms with Crippen LogP contribution < -0.4 is 9.46 Å². The zero-order chi connectivity index (χ0) is 14.2. The van der Waals surface area contributed by atoms with Gasteiger partial charge in [0.2, 0.25) is 0 Å². The van der Waals surface area contributed by atoms with Gasteiger partial charge in [-0.3, -0.25) is 9.71 Å². The number of hydrogen-bond acceptors (Lipinski definition) is 4. The number of halogens is 2. The number of benzene rings is 1. The third-order valence-corrected chi connectivity index (χ3v) is 3.97. The van der Waals surface area contributed by atoms with Gasteiger partial charge >= 0.3 is 0 Å². The first-order valence-electron chi connectivity index (χ1n) is 6.13. The Labute approximate surface area is 132 Å². The molecule has 0 bridgehead atoms. The largest absolute Gasteiger partial charge is 0.493 e. The highest BCUT2D eigenvalue weighted by molar-refractivity contribution is 7.97. The van der Waals surface area contributed by atoms with Crippen molar-refractivity contribution < 1.29 is 4.74 Å². The first kappa shape index (κ1) is 15.4. The minimum Gasteiger partial charge on any atom is -0.493 e. The zero-order valence-electron chi connectivity index (χ0n) is 10.7. The maximum atomic E-state index is 5.91. The van der Waals surface area contributed by atoms with Gasteiger partial charge in [-0.1, -0.05) is 23.2 Å². The molecule has 3 nitrogen and oxygen atoms in total. The van der Waals surface area contributed by atoms with Crippen LogP contribution in [0.25, 0.3) is 0 Å². The summed E-state index contributed by atoms with van der Waals surface area (Å²) in [6, 6.07) is 9.19. The van der Waals surface area contributed by atoms with Gasteiger partial charge in [-0.25, -0.2) is 0 Å². The van der Waals surface area contributed by atoms with Gasteiger partial charge in [0.25, 0.3) is 0 Å². The number of pyridine rings is 1. The fraction of sp³-hybridized carbons (Fsp3) is 0.214. The van der Waals surface area contributed by atoms with Crippen molar-refractivity contribution in [1.82, 2.24) is 9.71 Å². The van der Waals surface area contributed by atoms with Gasteiger partial charge in [-0.05, 0) is 42.6 Å². The molecule has 0 aliphatic rings. The van der Waals surface area contributed by atoms with Crippen molar-refractivity contribution >= 4 is 35.1 Å². The average molecular weight is 329 g/mol. The molecule has 0 spiro atoms. The third kappa shape index (κ3) is 5.21. The maximum absolute atomic E-state index is 5.91. The van der Waals surface area contributed by atoms with Crippen LogP contribution in [0.4, 0.5) is 0 Å².